The van der Waals surface area contributed by atoms with Gasteiger partial charge in [0.2, 0.25) is 5.89 Å². The fourth-order valence-corrected chi connectivity index (χ4v) is 4.22. The molecule has 1 fully saturated rings. The standard InChI is InChI=1S/C24H24F4N4O5/c1-4-36-23(34)15-9-12(25)10-32(15)22(33)19-20(11(2)29)37-21(31-19)14-5-7-16(35-3)18-13(14)6-8-17(30-18)24(26,27)28/h5-8,11-12,15H,4,9-10,29H2,1-3H3/t11-,12-,15-/m0/s1. The average Bonchev–Trinajstić information content (AvgIpc) is 3.46. The van der Waals surface area contributed by atoms with Gasteiger partial charge >= 0.3 is 12.1 Å². The molecule has 0 bridgehead atoms. The topological polar surface area (TPSA) is 121 Å². The van der Waals surface area contributed by atoms with E-state index in [1.165, 1.54) is 32.2 Å². The highest BCUT2D eigenvalue weighted by molar-refractivity contribution is 5.99. The zero-order valence-electron chi connectivity index (χ0n) is 20.1. The molecule has 1 aliphatic rings. The van der Waals surface area contributed by atoms with Crippen LogP contribution in [-0.2, 0) is 15.7 Å². The molecular weight excluding hydrogens is 500 g/mol. The second kappa shape index (κ2) is 9.96. The predicted molar refractivity (Wildman–Crippen MR) is 122 cm³/mol. The van der Waals surface area contributed by atoms with Gasteiger partial charge in [-0.2, -0.15) is 13.2 Å². The number of halogens is 4. The Morgan fingerprint density at radius 3 is 2.59 bits per heavy atom. The molecule has 4 rings (SSSR count). The number of benzene rings is 1. The number of hydrogen-bond donors (Lipinski definition) is 1. The molecule has 1 saturated heterocycles. The molecule has 0 unspecified atom stereocenters. The monoisotopic (exact) mass is 524 g/mol. The summed E-state index contributed by atoms with van der Waals surface area (Å²) in [6, 6.07) is 2.93. The molecule has 1 amide bonds. The van der Waals surface area contributed by atoms with Gasteiger partial charge in [0.15, 0.2) is 11.5 Å². The average molecular weight is 524 g/mol. The van der Waals surface area contributed by atoms with Crippen molar-refractivity contribution in [2.45, 2.75) is 44.7 Å². The van der Waals surface area contributed by atoms with E-state index >= 15 is 0 Å². The van der Waals surface area contributed by atoms with Crippen molar-refractivity contribution < 1.29 is 41.0 Å². The normalized spacial score (nSPS) is 18.8. The predicted octanol–water partition coefficient (Wildman–Crippen LogP) is 4.05. The molecule has 37 heavy (non-hydrogen) atoms. The molecule has 2 N–H and O–H groups in total. The first-order valence-electron chi connectivity index (χ1n) is 11.4. The van der Waals surface area contributed by atoms with Crippen LogP contribution in [0.4, 0.5) is 17.6 Å². The maximum atomic E-state index is 14.2. The highest BCUT2D eigenvalue weighted by Crippen LogP contribution is 2.38. The lowest BCUT2D eigenvalue weighted by Crippen LogP contribution is -2.42. The Kier molecular flexibility index (Phi) is 7.09. The number of nitrogens with zero attached hydrogens (tertiary/aromatic N) is 3. The van der Waals surface area contributed by atoms with Gasteiger partial charge in [0, 0.05) is 17.4 Å². The summed E-state index contributed by atoms with van der Waals surface area (Å²) in [6.07, 6.45) is -6.35. The third-order valence-corrected chi connectivity index (χ3v) is 5.90. The van der Waals surface area contributed by atoms with E-state index in [1.54, 1.807) is 6.92 Å². The maximum absolute atomic E-state index is 14.2. The summed E-state index contributed by atoms with van der Waals surface area (Å²) in [5.74, 6) is -1.59. The number of rotatable bonds is 6. The number of ether oxygens (including phenoxy) is 2. The minimum absolute atomic E-state index is 0.0336. The summed E-state index contributed by atoms with van der Waals surface area (Å²) in [4.78, 5) is 34.8. The van der Waals surface area contributed by atoms with Crippen LogP contribution in [0, 0.1) is 0 Å². The Morgan fingerprint density at radius 1 is 1.24 bits per heavy atom. The number of alkyl halides is 4. The third-order valence-electron chi connectivity index (χ3n) is 5.90. The highest BCUT2D eigenvalue weighted by atomic mass is 19.4. The van der Waals surface area contributed by atoms with Gasteiger partial charge in [-0.25, -0.2) is 19.2 Å². The summed E-state index contributed by atoms with van der Waals surface area (Å²) in [7, 11) is 1.29. The minimum Gasteiger partial charge on any atom is -0.494 e. The van der Waals surface area contributed by atoms with Crippen LogP contribution in [0.15, 0.2) is 28.7 Å². The number of nitrogens with two attached hydrogens (primary N) is 1. The van der Waals surface area contributed by atoms with E-state index in [1.807, 2.05) is 0 Å². The number of methoxy groups -OCH3 is 1. The molecule has 198 valence electrons. The van der Waals surface area contributed by atoms with Crippen molar-refractivity contribution in [3.8, 4) is 17.2 Å². The Bertz CT molecular complexity index is 1340. The molecule has 0 spiro atoms. The van der Waals surface area contributed by atoms with Crippen molar-refractivity contribution in [2.24, 2.45) is 5.73 Å². The number of aromatic nitrogens is 2. The third kappa shape index (κ3) is 4.95. The molecule has 13 heteroatoms. The summed E-state index contributed by atoms with van der Waals surface area (Å²) in [6.45, 7) is 2.84. The zero-order valence-corrected chi connectivity index (χ0v) is 20.1. The van der Waals surface area contributed by atoms with E-state index < -0.39 is 42.0 Å². The lowest BCUT2D eigenvalue weighted by Gasteiger charge is -2.22. The molecule has 0 aliphatic carbocycles. The van der Waals surface area contributed by atoms with Crippen LogP contribution in [0.3, 0.4) is 0 Å². The van der Waals surface area contributed by atoms with Crippen LogP contribution in [0.2, 0.25) is 0 Å². The molecule has 1 aliphatic heterocycles. The molecule has 3 aromatic rings. The van der Waals surface area contributed by atoms with Crippen molar-refractivity contribution in [3.63, 3.8) is 0 Å². The van der Waals surface area contributed by atoms with Crippen molar-refractivity contribution in [3.05, 3.63) is 41.4 Å². The molecule has 0 saturated carbocycles. The van der Waals surface area contributed by atoms with Gasteiger partial charge in [0.1, 0.15) is 29.2 Å². The summed E-state index contributed by atoms with van der Waals surface area (Å²) >= 11 is 0. The van der Waals surface area contributed by atoms with Crippen molar-refractivity contribution >= 4 is 22.8 Å². The smallest absolute Gasteiger partial charge is 0.433 e. The van der Waals surface area contributed by atoms with Crippen LogP contribution >= 0.6 is 0 Å². The minimum atomic E-state index is -4.68. The van der Waals surface area contributed by atoms with Crippen molar-refractivity contribution in [1.29, 1.82) is 0 Å². The molecule has 3 heterocycles. The van der Waals surface area contributed by atoms with Crippen LogP contribution in [0.1, 0.15) is 48.3 Å². The number of oxazole rings is 1. The summed E-state index contributed by atoms with van der Waals surface area (Å²) in [5.41, 5.74) is 4.79. The number of hydrogen-bond acceptors (Lipinski definition) is 8. The highest BCUT2D eigenvalue weighted by Gasteiger charge is 2.43. The molecular formula is C24H24F4N4O5. The quantitative estimate of drug-likeness (QED) is 0.379. The molecule has 9 nitrogen and oxygen atoms in total. The number of esters is 1. The number of carbonyl (C=O) groups excluding carboxylic acids is 2. The van der Waals surface area contributed by atoms with E-state index in [0.29, 0.717) is 0 Å². The first-order valence-corrected chi connectivity index (χ1v) is 11.4. The van der Waals surface area contributed by atoms with Crippen LogP contribution in [0.25, 0.3) is 22.4 Å². The first-order chi connectivity index (χ1) is 17.5. The number of pyridine rings is 1. The Balaban J connectivity index is 1.81. The van der Waals surface area contributed by atoms with Crippen LogP contribution in [0.5, 0.6) is 5.75 Å². The number of likely N-dealkylation sites (tertiary alicyclic amines) is 1. The number of fused-ring (bicyclic) bond motifs is 1. The second-order valence-electron chi connectivity index (χ2n) is 8.48. The number of amides is 1. The second-order valence-corrected chi connectivity index (χ2v) is 8.48. The van der Waals surface area contributed by atoms with Gasteiger partial charge in [-0.15, -0.1) is 0 Å². The van der Waals surface area contributed by atoms with Gasteiger partial charge in [-0.1, -0.05) is 0 Å². The molecule has 2 aromatic heterocycles. The summed E-state index contributed by atoms with van der Waals surface area (Å²) in [5, 5.41) is 0.221. The van der Waals surface area contributed by atoms with Gasteiger partial charge in [0.05, 0.1) is 26.3 Å². The van der Waals surface area contributed by atoms with Crippen LogP contribution < -0.4 is 10.5 Å². The first kappa shape index (κ1) is 26.3. The van der Waals surface area contributed by atoms with Gasteiger partial charge in [0.25, 0.3) is 5.91 Å². The summed E-state index contributed by atoms with van der Waals surface area (Å²) < 4.78 is 70.0. The van der Waals surface area contributed by atoms with E-state index in [-0.39, 0.29) is 59.1 Å². The van der Waals surface area contributed by atoms with Crippen molar-refractivity contribution in [2.75, 3.05) is 20.3 Å². The Hall–Kier alpha value is -3.74. The largest absolute Gasteiger partial charge is 0.494 e. The number of carbonyl (C=O) groups is 2. The van der Waals surface area contributed by atoms with Gasteiger partial charge in [-0.3, -0.25) is 4.79 Å². The van der Waals surface area contributed by atoms with Gasteiger partial charge < -0.3 is 24.5 Å². The lowest BCUT2D eigenvalue weighted by molar-refractivity contribution is -0.147. The van der Waals surface area contributed by atoms with Crippen LogP contribution in [-0.4, -0.2) is 59.2 Å². The Morgan fingerprint density at radius 2 is 1.97 bits per heavy atom. The molecule has 1 aromatic carbocycles. The maximum Gasteiger partial charge on any atom is 0.433 e. The fourth-order valence-electron chi connectivity index (χ4n) is 4.22. The van der Waals surface area contributed by atoms with E-state index in [0.717, 1.165) is 11.0 Å². The van der Waals surface area contributed by atoms with E-state index in [2.05, 4.69) is 9.97 Å². The SMILES string of the molecule is CCOC(=O)[C@@H]1C[C@H](F)CN1C(=O)c1nc(-c2ccc(OC)c3nc(C(F)(F)F)ccc23)oc1[C@H](C)N. The van der Waals surface area contributed by atoms with Gasteiger partial charge in [-0.05, 0) is 38.1 Å². The molecule has 0 radical (unpaired) electrons. The Labute approximate surface area is 208 Å². The van der Waals surface area contributed by atoms with E-state index in [9.17, 15) is 27.2 Å². The zero-order chi connectivity index (χ0) is 27.1. The molecule has 3 atom stereocenters. The fraction of sp³-hybridized carbons (Fsp3) is 0.417. The van der Waals surface area contributed by atoms with E-state index in [4.69, 9.17) is 19.6 Å². The van der Waals surface area contributed by atoms with Crippen molar-refractivity contribution in [1.82, 2.24) is 14.9 Å². The lowest BCUT2D eigenvalue weighted by atomic mass is 10.1.